The summed E-state index contributed by atoms with van der Waals surface area (Å²) >= 11 is 0. The lowest BCUT2D eigenvalue weighted by molar-refractivity contribution is -0.921. The molecular weight excluding hydrogens is 291 g/mol. The molecule has 2 fully saturated rings. The minimum atomic E-state index is -0.170. The predicted octanol–water partition coefficient (Wildman–Crippen LogP) is 2.02. The van der Waals surface area contributed by atoms with Gasteiger partial charge in [-0.25, -0.2) is 4.39 Å². The zero-order chi connectivity index (χ0) is 16.1. The van der Waals surface area contributed by atoms with Crippen molar-refractivity contribution < 1.29 is 14.1 Å². The summed E-state index contributed by atoms with van der Waals surface area (Å²) in [6, 6.07) is 6.86. The average molecular weight is 319 g/mol. The Balaban J connectivity index is 1.57. The molecule has 23 heavy (non-hydrogen) atoms. The maximum absolute atomic E-state index is 13.3. The molecule has 0 saturated carbocycles. The molecule has 2 saturated heterocycles. The largest absolute Gasteiger partial charge is 0.342 e. The number of piperidine rings is 1. The van der Waals surface area contributed by atoms with E-state index in [-0.39, 0.29) is 11.7 Å². The summed E-state index contributed by atoms with van der Waals surface area (Å²) in [6.45, 7) is 4.68. The number of nitrogens with zero attached hydrogens (tertiary/aromatic N) is 1. The maximum atomic E-state index is 13.3. The monoisotopic (exact) mass is 319 g/mol. The summed E-state index contributed by atoms with van der Waals surface area (Å²) in [5, 5.41) is 0. The van der Waals surface area contributed by atoms with E-state index in [1.54, 1.807) is 12.1 Å². The Morgan fingerprint density at radius 3 is 2.70 bits per heavy atom. The fraction of sp³-hybridized carbons (Fsp3) is 0.632. The zero-order valence-corrected chi connectivity index (χ0v) is 13.9. The van der Waals surface area contributed by atoms with Crippen LogP contribution < -0.4 is 4.90 Å². The first-order valence-electron chi connectivity index (χ1n) is 9.09. The number of rotatable bonds is 3. The Labute approximate surface area is 138 Å². The maximum Gasteiger partial charge on any atom is 0.231 e. The van der Waals surface area contributed by atoms with E-state index in [2.05, 4.69) is 4.90 Å². The fourth-order valence-corrected chi connectivity index (χ4v) is 4.01. The fourth-order valence-electron chi connectivity index (χ4n) is 4.01. The van der Waals surface area contributed by atoms with Crippen LogP contribution in [-0.2, 0) is 11.3 Å². The second-order valence-corrected chi connectivity index (χ2v) is 7.09. The summed E-state index contributed by atoms with van der Waals surface area (Å²) in [7, 11) is 0. The number of halogens is 1. The van der Waals surface area contributed by atoms with E-state index in [0.29, 0.717) is 5.91 Å². The lowest BCUT2D eigenvalue weighted by atomic mass is 9.96. The van der Waals surface area contributed by atoms with Gasteiger partial charge in [0.2, 0.25) is 5.91 Å². The number of hydrogen-bond donors (Lipinski definition) is 1. The number of benzene rings is 1. The molecule has 1 aromatic carbocycles. The molecule has 0 aliphatic carbocycles. The van der Waals surface area contributed by atoms with Gasteiger partial charge in [0.25, 0.3) is 0 Å². The molecular formula is C19H28FN2O+. The first-order chi connectivity index (χ1) is 11.2. The van der Waals surface area contributed by atoms with Crippen LogP contribution in [0.5, 0.6) is 0 Å². The molecule has 0 spiro atoms. The van der Waals surface area contributed by atoms with Crippen LogP contribution in [0.1, 0.15) is 44.1 Å². The third kappa shape index (κ3) is 4.54. The number of hydrogen-bond acceptors (Lipinski definition) is 1. The highest BCUT2D eigenvalue weighted by Gasteiger charge is 2.31. The molecule has 3 nitrogen and oxygen atoms in total. The van der Waals surface area contributed by atoms with E-state index in [1.807, 2.05) is 6.07 Å². The SMILES string of the molecule is O=C([C@@H]1CCC[NH+](Cc2cccc(F)c2)C1)N1CCCCCC1. The van der Waals surface area contributed by atoms with Crippen molar-refractivity contribution in [3.63, 3.8) is 0 Å². The predicted molar refractivity (Wildman–Crippen MR) is 88.6 cm³/mol. The van der Waals surface area contributed by atoms with E-state index in [4.69, 9.17) is 0 Å². The quantitative estimate of drug-likeness (QED) is 0.906. The summed E-state index contributed by atoms with van der Waals surface area (Å²) in [6.07, 6.45) is 6.92. The van der Waals surface area contributed by atoms with E-state index >= 15 is 0 Å². The van der Waals surface area contributed by atoms with E-state index in [1.165, 1.54) is 23.8 Å². The summed E-state index contributed by atoms with van der Waals surface area (Å²) in [5.41, 5.74) is 1.03. The minimum Gasteiger partial charge on any atom is -0.342 e. The number of nitrogens with one attached hydrogen (secondary N) is 1. The minimum absolute atomic E-state index is 0.158. The standard InChI is InChI=1S/C19H27FN2O/c20-18-9-5-7-16(13-18)14-21-10-6-8-17(15-21)19(23)22-11-3-1-2-4-12-22/h5,7,9,13,17H,1-4,6,8,10-12,14-15H2/p+1/t17-/m1/s1. The van der Waals surface area contributed by atoms with Crippen LogP contribution in [0.15, 0.2) is 24.3 Å². The van der Waals surface area contributed by atoms with E-state index in [9.17, 15) is 9.18 Å². The Morgan fingerprint density at radius 2 is 1.96 bits per heavy atom. The molecule has 2 aliphatic heterocycles. The van der Waals surface area contributed by atoms with Gasteiger partial charge in [0.15, 0.2) is 0 Å². The molecule has 0 bridgehead atoms. The number of carbonyl (C=O) groups is 1. The van der Waals surface area contributed by atoms with Gasteiger partial charge < -0.3 is 9.80 Å². The molecule has 4 heteroatoms. The molecule has 0 aromatic heterocycles. The summed E-state index contributed by atoms with van der Waals surface area (Å²) in [4.78, 5) is 16.3. The van der Waals surface area contributed by atoms with Crippen LogP contribution >= 0.6 is 0 Å². The Hall–Kier alpha value is -1.42. The van der Waals surface area contributed by atoms with Gasteiger partial charge in [-0.2, -0.15) is 0 Å². The van der Waals surface area contributed by atoms with Crippen molar-refractivity contribution in [2.24, 2.45) is 5.92 Å². The molecule has 2 aliphatic rings. The summed E-state index contributed by atoms with van der Waals surface area (Å²) < 4.78 is 13.3. The van der Waals surface area contributed by atoms with Gasteiger partial charge in [0.05, 0.1) is 19.0 Å². The van der Waals surface area contributed by atoms with Crippen molar-refractivity contribution >= 4 is 5.91 Å². The second-order valence-electron chi connectivity index (χ2n) is 7.09. The summed E-state index contributed by atoms with van der Waals surface area (Å²) in [5.74, 6) is 0.352. The Morgan fingerprint density at radius 1 is 1.17 bits per heavy atom. The molecule has 3 rings (SSSR count). The molecule has 2 heterocycles. The van der Waals surface area contributed by atoms with Gasteiger partial charge in [0, 0.05) is 18.7 Å². The van der Waals surface area contributed by atoms with Gasteiger partial charge in [-0.15, -0.1) is 0 Å². The Kier molecular flexibility index (Phi) is 5.65. The number of amides is 1. The molecule has 126 valence electrons. The van der Waals surface area contributed by atoms with Crippen LogP contribution in [0.4, 0.5) is 4.39 Å². The normalized spacial score (nSPS) is 25.9. The highest BCUT2D eigenvalue weighted by Crippen LogP contribution is 2.16. The van der Waals surface area contributed by atoms with Gasteiger partial charge in [-0.3, -0.25) is 4.79 Å². The van der Waals surface area contributed by atoms with Crippen molar-refractivity contribution in [2.75, 3.05) is 26.2 Å². The van der Waals surface area contributed by atoms with Gasteiger partial charge in [-0.05, 0) is 37.8 Å². The highest BCUT2D eigenvalue weighted by atomic mass is 19.1. The van der Waals surface area contributed by atoms with Crippen molar-refractivity contribution in [1.82, 2.24) is 4.90 Å². The van der Waals surface area contributed by atoms with Crippen LogP contribution in [-0.4, -0.2) is 37.0 Å². The van der Waals surface area contributed by atoms with E-state index < -0.39 is 0 Å². The molecule has 1 N–H and O–H groups in total. The Bertz CT molecular complexity index is 526. The van der Waals surface area contributed by atoms with E-state index in [0.717, 1.165) is 64.0 Å². The smallest absolute Gasteiger partial charge is 0.231 e. The third-order valence-electron chi connectivity index (χ3n) is 5.23. The molecule has 1 unspecified atom stereocenters. The highest BCUT2D eigenvalue weighted by molar-refractivity contribution is 5.79. The molecule has 0 radical (unpaired) electrons. The lowest BCUT2D eigenvalue weighted by Gasteiger charge is -2.32. The van der Waals surface area contributed by atoms with Crippen LogP contribution in [0, 0.1) is 11.7 Å². The average Bonchev–Trinajstić information content (AvgIpc) is 2.84. The second kappa shape index (κ2) is 7.91. The van der Waals surface area contributed by atoms with Crippen molar-refractivity contribution in [1.29, 1.82) is 0 Å². The molecule has 1 aromatic rings. The van der Waals surface area contributed by atoms with Crippen molar-refractivity contribution in [3.05, 3.63) is 35.6 Å². The van der Waals surface area contributed by atoms with Crippen molar-refractivity contribution in [3.8, 4) is 0 Å². The van der Waals surface area contributed by atoms with Crippen molar-refractivity contribution in [2.45, 2.75) is 45.1 Å². The molecule has 1 amide bonds. The van der Waals surface area contributed by atoms with Gasteiger partial charge in [0.1, 0.15) is 12.4 Å². The first kappa shape index (κ1) is 16.4. The number of likely N-dealkylation sites (tertiary alicyclic amines) is 2. The third-order valence-corrected chi connectivity index (χ3v) is 5.23. The number of quaternary nitrogens is 1. The van der Waals surface area contributed by atoms with Gasteiger partial charge >= 0.3 is 0 Å². The molecule has 2 atom stereocenters. The first-order valence-corrected chi connectivity index (χ1v) is 9.09. The lowest BCUT2D eigenvalue weighted by Crippen LogP contribution is -3.12. The topological polar surface area (TPSA) is 24.8 Å². The van der Waals surface area contributed by atoms with Crippen LogP contribution in [0.25, 0.3) is 0 Å². The zero-order valence-electron chi connectivity index (χ0n) is 13.9. The van der Waals surface area contributed by atoms with Gasteiger partial charge in [-0.1, -0.05) is 25.0 Å². The van der Waals surface area contributed by atoms with Crippen LogP contribution in [0.2, 0.25) is 0 Å². The number of carbonyl (C=O) groups excluding carboxylic acids is 1. The van der Waals surface area contributed by atoms with Crippen LogP contribution in [0.3, 0.4) is 0 Å².